The van der Waals surface area contributed by atoms with E-state index in [1.165, 1.54) is 5.56 Å². The number of carbonyl (C=O) groups excluding carboxylic acids is 2. The fourth-order valence-corrected chi connectivity index (χ4v) is 3.61. The first-order valence-corrected chi connectivity index (χ1v) is 12.5. The van der Waals surface area contributed by atoms with Gasteiger partial charge in [-0.25, -0.2) is 0 Å². The standard InChI is InChI=1S/C30H36N2O5/c1-7-35-26-19-25(32-29(34)21-12-10-9-11-13-21)27(36-8-2)18-24(26)31-28(33)20(3)37-23-16-14-22(15-17-23)30(4,5)6/h9-20H,7-8H2,1-6H3,(H,31,33)(H,32,34). The zero-order chi connectivity index (χ0) is 27.0. The Labute approximate surface area is 219 Å². The van der Waals surface area contributed by atoms with E-state index in [4.69, 9.17) is 14.2 Å². The van der Waals surface area contributed by atoms with E-state index in [1.54, 1.807) is 43.3 Å². The second kappa shape index (κ2) is 12.3. The molecule has 0 aliphatic heterocycles. The maximum Gasteiger partial charge on any atom is 0.265 e. The quantitative estimate of drug-likeness (QED) is 0.332. The monoisotopic (exact) mass is 504 g/mol. The van der Waals surface area contributed by atoms with Crippen LogP contribution in [0.3, 0.4) is 0 Å². The van der Waals surface area contributed by atoms with E-state index in [0.29, 0.717) is 47.4 Å². The van der Waals surface area contributed by atoms with E-state index in [1.807, 2.05) is 44.2 Å². The van der Waals surface area contributed by atoms with Gasteiger partial charge in [-0.3, -0.25) is 9.59 Å². The average Bonchev–Trinajstić information content (AvgIpc) is 2.87. The molecule has 2 N–H and O–H groups in total. The lowest BCUT2D eigenvalue weighted by Crippen LogP contribution is -2.30. The lowest BCUT2D eigenvalue weighted by atomic mass is 9.87. The molecule has 0 saturated heterocycles. The summed E-state index contributed by atoms with van der Waals surface area (Å²) in [6.45, 7) is 12.5. The van der Waals surface area contributed by atoms with Crippen molar-refractivity contribution in [1.29, 1.82) is 0 Å². The van der Waals surface area contributed by atoms with Gasteiger partial charge >= 0.3 is 0 Å². The van der Waals surface area contributed by atoms with Crippen molar-refractivity contribution in [3.8, 4) is 17.2 Å². The van der Waals surface area contributed by atoms with Crippen LogP contribution in [0.2, 0.25) is 0 Å². The number of amides is 2. The van der Waals surface area contributed by atoms with E-state index in [2.05, 4.69) is 31.4 Å². The van der Waals surface area contributed by atoms with E-state index < -0.39 is 6.10 Å². The molecule has 0 radical (unpaired) electrons. The number of anilines is 2. The Morgan fingerprint density at radius 2 is 1.35 bits per heavy atom. The molecule has 7 nitrogen and oxygen atoms in total. The van der Waals surface area contributed by atoms with Crippen LogP contribution in [0.5, 0.6) is 17.2 Å². The van der Waals surface area contributed by atoms with Crippen LogP contribution in [0.15, 0.2) is 66.7 Å². The van der Waals surface area contributed by atoms with Gasteiger partial charge < -0.3 is 24.8 Å². The second-order valence-electron chi connectivity index (χ2n) is 9.55. The van der Waals surface area contributed by atoms with Crippen LogP contribution in [-0.4, -0.2) is 31.1 Å². The Bertz CT molecular complexity index is 1200. The summed E-state index contributed by atoms with van der Waals surface area (Å²) in [4.78, 5) is 25.8. The van der Waals surface area contributed by atoms with E-state index >= 15 is 0 Å². The maximum atomic E-state index is 13.0. The number of rotatable bonds is 10. The Kier molecular flexibility index (Phi) is 9.17. The third-order valence-electron chi connectivity index (χ3n) is 5.63. The van der Waals surface area contributed by atoms with Crippen LogP contribution < -0.4 is 24.8 Å². The fourth-order valence-electron chi connectivity index (χ4n) is 3.61. The van der Waals surface area contributed by atoms with Gasteiger partial charge in [-0.2, -0.15) is 0 Å². The van der Waals surface area contributed by atoms with Gasteiger partial charge in [0.2, 0.25) is 0 Å². The molecule has 1 atom stereocenters. The van der Waals surface area contributed by atoms with Crippen molar-refractivity contribution in [3.05, 3.63) is 77.9 Å². The van der Waals surface area contributed by atoms with Gasteiger partial charge in [0.15, 0.2) is 6.10 Å². The van der Waals surface area contributed by atoms with E-state index in [-0.39, 0.29) is 17.2 Å². The first-order chi connectivity index (χ1) is 17.6. The van der Waals surface area contributed by atoms with E-state index in [0.717, 1.165) is 0 Å². The molecule has 0 saturated carbocycles. The summed E-state index contributed by atoms with van der Waals surface area (Å²) in [5.41, 5.74) is 2.59. The molecule has 1 unspecified atom stereocenters. The van der Waals surface area contributed by atoms with Crippen LogP contribution in [0.4, 0.5) is 11.4 Å². The van der Waals surface area contributed by atoms with Gasteiger partial charge in [-0.15, -0.1) is 0 Å². The van der Waals surface area contributed by atoms with Crippen molar-refractivity contribution >= 4 is 23.2 Å². The molecule has 0 fully saturated rings. The Morgan fingerprint density at radius 3 is 1.86 bits per heavy atom. The van der Waals surface area contributed by atoms with Gasteiger partial charge in [0.05, 0.1) is 24.6 Å². The van der Waals surface area contributed by atoms with Crippen LogP contribution in [0.1, 0.15) is 57.5 Å². The minimum atomic E-state index is -0.761. The summed E-state index contributed by atoms with van der Waals surface area (Å²) in [5.74, 6) is 0.806. The van der Waals surface area contributed by atoms with Crippen molar-refractivity contribution in [2.75, 3.05) is 23.8 Å². The number of benzene rings is 3. The minimum absolute atomic E-state index is 0.0300. The summed E-state index contributed by atoms with van der Waals surface area (Å²) in [7, 11) is 0. The summed E-state index contributed by atoms with van der Waals surface area (Å²) < 4.78 is 17.4. The van der Waals surface area contributed by atoms with Gasteiger partial charge in [0, 0.05) is 17.7 Å². The van der Waals surface area contributed by atoms with Gasteiger partial charge in [0.1, 0.15) is 17.2 Å². The van der Waals surface area contributed by atoms with Gasteiger partial charge in [-0.05, 0) is 56.0 Å². The fraction of sp³-hybridized carbons (Fsp3) is 0.333. The van der Waals surface area contributed by atoms with Gasteiger partial charge in [-0.1, -0.05) is 51.1 Å². The Hall–Kier alpha value is -4.00. The molecule has 0 aliphatic carbocycles. The van der Waals surface area contributed by atoms with Crippen molar-refractivity contribution in [2.45, 2.75) is 53.1 Å². The van der Waals surface area contributed by atoms with Crippen molar-refractivity contribution in [2.24, 2.45) is 0 Å². The number of hydrogen-bond donors (Lipinski definition) is 2. The molecule has 0 aromatic heterocycles. The van der Waals surface area contributed by atoms with Crippen LogP contribution in [0.25, 0.3) is 0 Å². The van der Waals surface area contributed by atoms with Crippen molar-refractivity contribution in [3.63, 3.8) is 0 Å². The summed E-state index contributed by atoms with van der Waals surface area (Å²) in [6.07, 6.45) is -0.761. The predicted octanol–water partition coefficient (Wildman–Crippen LogP) is 6.44. The van der Waals surface area contributed by atoms with E-state index in [9.17, 15) is 9.59 Å². The van der Waals surface area contributed by atoms with Crippen LogP contribution in [-0.2, 0) is 10.2 Å². The third-order valence-corrected chi connectivity index (χ3v) is 5.63. The molecule has 0 aliphatic rings. The Balaban J connectivity index is 1.79. The molecule has 196 valence electrons. The molecule has 3 rings (SSSR count). The molecule has 2 amide bonds. The largest absolute Gasteiger partial charge is 0.492 e. The normalized spacial score (nSPS) is 11.8. The molecular weight excluding hydrogens is 468 g/mol. The molecule has 0 heterocycles. The molecule has 0 spiro atoms. The summed E-state index contributed by atoms with van der Waals surface area (Å²) in [5, 5.41) is 5.76. The lowest BCUT2D eigenvalue weighted by Gasteiger charge is -2.21. The molecular formula is C30H36N2O5. The first-order valence-electron chi connectivity index (χ1n) is 12.5. The van der Waals surface area contributed by atoms with Crippen LogP contribution >= 0.6 is 0 Å². The molecule has 0 bridgehead atoms. The Morgan fingerprint density at radius 1 is 0.811 bits per heavy atom. The van der Waals surface area contributed by atoms with Crippen molar-refractivity contribution in [1.82, 2.24) is 0 Å². The van der Waals surface area contributed by atoms with Crippen LogP contribution in [0, 0.1) is 0 Å². The predicted molar refractivity (Wildman–Crippen MR) is 147 cm³/mol. The minimum Gasteiger partial charge on any atom is -0.492 e. The topological polar surface area (TPSA) is 85.9 Å². The number of hydrogen-bond acceptors (Lipinski definition) is 5. The highest BCUT2D eigenvalue weighted by Gasteiger charge is 2.21. The smallest absolute Gasteiger partial charge is 0.265 e. The third kappa shape index (κ3) is 7.49. The van der Waals surface area contributed by atoms with Crippen molar-refractivity contribution < 1.29 is 23.8 Å². The number of ether oxygens (including phenoxy) is 3. The second-order valence-corrected chi connectivity index (χ2v) is 9.55. The average molecular weight is 505 g/mol. The molecule has 3 aromatic carbocycles. The lowest BCUT2D eigenvalue weighted by molar-refractivity contribution is -0.122. The number of nitrogens with one attached hydrogen (secondary N) is 2. The molecule has 7 heteroatoms. The highest BCUT2D eigenvalue weighted by atomic mass is 16.5. The molecule has 3 aromatic rings. The summed E-state index contributed by atoms with van der Waals surface area (Å²) in [6, 6.07) is 19.9. The zero-order valence-corrected chi connectivity index (χ0v) is 22.4. The van der Waals surface area contributed by atoms with Gasteiger partial charge in [0.25, 0.3) is 11.8 Å². The first kappa shape index (κ1) is 27.6. The number of carbonyl (C=O) groups is 2. The zero-order valence-electron chi connectivity index (χ0n) is 22.4. The SMILES string of the molecule is CCOc1cc(NC(=O)C(C)Oc2ccc(C(C)(C)C)cc2)c(OCC)cc1NC(=O)c1ccccc1. The highest BCUT2D eigenvalue weighted by Crippen LogP contribution is 2.37. The summed E-state index contributed by atoms with van der Waals surface area (Å²) >= 11 is 0. The maximum absolute atomic E-state index is 13.0. The molecule has 37 heavy (non-hydrogen) atoms. The highest BCUT2D eigenvalue weighted by molar-refractivity contribution is 6.05.